The Morgan fingerprint density at radius 1 is 1.21 bits per heavy atom. The Morgan fingerprint density at radius 3 is 2.79 bits per heavy atom. The van der Waals surface area contributed by atoms with E-state index in [2.05, 4.69) is 9.97 Å². The third kappa shape index (κ3) is 4.97. The summed E-state index contributed by atoms with van der Waals surface area (Å²) in [7, 11) is 1.60. The summed E-state index contributed by atoms with van der Waals surface area (Å²) < 4.78 is 11.2. The van der Waals surface area contributed by atoms with Gasteiger partial charge in [-0.2, -0.15) is 0 Å². The van der Waals surface area contributed by atoms with Gasteiger partial charge in [-0.15, -0.1) is 0 Å². The number of amides is 2. The second kappa shape index (κ2) is 9.16. The minimum atomic E-state index is -0.468. The number of nitrogens with two attached hydrogens (primary N) is 1. The normalized spacial score (nSPS) is 16.5. The number of carbonyl (C=O) groups is 2. The molecule has 28 heavy (non-hydrogen) atoms. The summed E-state index contributed by atoms with van der Waals surface area (Å²) in [6.45, 7) is 1.19. The van der Waals surface area contributed by atoms with Crippen molar-refractivity contribution in [2.75, 3.05) is 20.2 Å². The molecule has 1 saturated heterocycles. The largest absolute Gasteiger partial charge is 0.497 e. The molecule has 8 nitrogen and oxygen atoms in total. The quantitative estimate of drug-likeness (QED) is 0.784. The summed E-state index contributed by atoms with van der Waals surface area (Å²) in [4.78, 5) is 33.9. The molecule has 1 aliphatic rings. The van der Waals surface area contributed by atoms with Gasteiger partial charge < -0.3 is 20.1 Å². The van der Waals surface area contributed by atoms with Crippen molar-refractivity contribution in [3.8, 4) is 17.4 Å². The van der Waals surface area contributed by atoms with E-state index in [0.29, 0.717) is 30.5 Å². The summed E-state index contributed by atoms with van der Waals surface area (Å²) in [6, 6.07) is 7.27. The van der Waals surface area contributed by atoms with Gasteiger partial charge >= 0.3 is 0 Å². The maximum absolute atomic E-state index is 12.4. The smallest absolute Gasteiger partial charge is 0.241 e. The van der Waals surface area contributed by atoms with Crippen molar-refractivity contribution < 1.29 is 19.1 Å². The number of likely N-dealkylation sites (tertiary alicyclic amines) is 1. The second-order valence-electron chi connectivity index (χ2n) is 6.67. The van der Waals surface area contributed by atoms with Crippen LogP contribution >= 0.6 is 0 Å². The minimum Gasteiger partial charge on any atom is -0.497 e. The highest BCUT2D eigenvalue weighted by molar-refractivity contribution is 5.83. The summed E-state index contributed by atoms with van der Waals surface area (Å²) in [6.07, 6.45) is 5.14. The van der Waals surface area contributed by atoms with E-state index in [1.54, 1.807) is 30.5 Å². The molecule has 0 aliphatic carbocycles. The van der Waals surface area contributed by atoms with Crippen molar-refractivity contribution in [2.45, 2.75) is 31.6 Å². The predicted molar refractivity (Wildman–Crippen MR) is 102 cm³/mol. The highest BCUT2D eigenvalue weighted by Crippen LogP contribution is 2.33. The molecule has 3 rings (SSSR count). The van der Waals surface area contributed by atoms with Gasteiger partial charge in [-0.25, -0.2) is 4.98 Å². The molecule has 0 saturated carbocycles. The molecule has 1 aromatic heterocycles. The monoisotopic (exact) mass is 384 g/mol. The average molecular weight is 384 g/mol. The fraction of sp³-hybridized carbons (Fsp3) is 0.400. The lowest BCUT2D eigenvalue weighted by Crippen LogP contribution is -2.39. The third-order valence-electron chi connectivity index (χ3n) is 4.69. The average Bonchev–Trinajstić information content (AvgIpc) is 2.72. The first-order valence-electron chi connectivity index (χ1n) is 9.25. The Morgan fingerprint density at radius 2 is 2.00 bits per heavy atom. The number of hydrogen-bond acceptors (Lipinski definition) is 6. The number of hydrogen-bond donors (Lipinski definition) is 1. The van der Waals surface area contributed by atoms with Gasteiger partial charge in [0.05, 0.1) is 7.11 Å². The zero-order valence-corrected chi connectivity index (χ0v) is 15.8. The molecule has 2 heterocycles. The summed E-state index contributed by atoms with van der Waals surface area (Å²) in [5, 5.41) is 0. The van der Waals surface area contributed by atoms with E-state index in [1.165, 1.54) is 0 Å². The van der Waals surface area contributed by atoms with Crippen LogP contribution in [0.3, 0.4) is 0 Å². The van der Waals surface area contributed by atoms with Crippen LogP contribution in [0.5, 0.6) is 17.4 Å². The van der Waals surface area contributed by atoms with Crippen molar-refractivity contribution in [3.63, 3.8) is 0 Å². The van der Waals surface area contributed by atoms with E-state index in [-0.39, 0.29) is 24.7 Å². The molecule has 0 radical (unpaired) electrons. The Balaban J connectivity index is 1.74. The molecular weight excluding hydrogens is 360 g/mol. The van der Waals surface area contributed by atoms with Gasteiger partial charge in [-0.3, -0.25) is 14.6 Å². The maximum Gasteiger partial charge on any atom is 0.241 e. The molecule has 1 atom stereocenters. The lowest BCUT2D eigenvalue weighted by atomic mass is 9.94. The molecule has 0 bridgehead atoms. The number of nitrogens with zero attached hydrogens (tertiary/aromatic N) is 3. The maximum atomic E-state index is 12.4. The van der Waals surface area contributed by atoms with Crippen molar-refractivity contribution in [1.29, 1.82) is 0 Å². The van der Waals surface area contributed by atoms with E-state index < -0.39 is 5.91 Å². The highest BCUT2D eigenvalue weighted by atomic mass is 16.5. The van der Waals surface area contributed by atoms with Gasteiger partial charge in [-0.05, 0) is 25.0 Å². The highest BCUT2D eigenvalue weighted by Gasteiger charge is 2.28. The van der Waals surface area contributed by atoms with Crippen LogP contribution in [0, 0.1) is 0 Å². The number of primary amides is 1. The van der Waals surface area contributed by atoms with Gasteiger partial charge in [0.2, 0.25) is 17.7 Å². The van der Waals surface area contributed by atoms with Crippen LogP contribution in [0.15, 0.2) is 36.7 Å². The number of rotatable bonds is 7. The van der Waals surface area contributed by atoms with Crippen LogP contribution in [0.4, 0.5) is 0 Å². The first kappa shape index (κ1) is 19.6. The number of benzene rings is 1. The fourth-order valence-electron chi connectivity index (χ4n) is 3.29. The molecule has 8 heteroatoms. The Hall–Kier alpha value is -3.16. The molecule has 0 unspecified atom stereocenters. The topological polar surface area (TPSA) is 108 Å². The molecule has 1 aromatic carbocycles. The number of aromatic nitrogens is 2. The Labute approximate surface area is 163 Å². The summed E-state index contributed by atoms with van der Waals surface area (Å²) in [5.41, 5.74) is 5.87. The Bertz CT molecular complexity index is 842. The van der Waals surface area contributed by atoms with E-state index in [0.717, 1.165) is 18.5 Å². The van der Waals surface area contributed by atoms with Crippen molar-refractivity contribution in [1.82, 2.24) is 14.9 Å². The van der Waals surface area contributed by atoms with Gasteiger partial charge in [0.25, 0.3) is 0 Å². The van der Waals surface area contributed by atoms with Crippen molar-refractivity contribution in [2.24, 2.45) is 5.73 Å². The molecule has 148 valence electrons. The fourth-order valence-corrected chi connectivity index (χ4v) is 3.29. The van der Waals surface area contributed by atoms with Gasteiger partial charge in [0.15, 0.2) is 0 Å². The molecule has 2 aromatic rings. The van der Waals surface area contributed by atoms with Crippen LogP contribution in [0.25, 0.3) is 0 Å². The summed E-state index contributed by atoms with van der Waals surface area (Å²) in [5.74, 6) is 1.19. The van der Waals surface area contributed by atoms with Gasteiger partial charge in [-0.1, -0.05) is 6.07 Å². The zero-order chi connectivity index (χ0) is 19.9. The number of methoxy groups -OCH3 is 1. The van der Waals surface area contributed by atoms with Gasteiger partial charge in [0, 0.05) is 50.3 Å². The van der Waals surface area contributed by atoms with Crippen LogP contribution in [0.2, 0.25) is 0 Å². The minimum absolute atomic E-state index is 0.0144. The standard InChI is InChI=1S/C20H24N4O4/c1-27-15-5-2-6-16(12-15)28-20-19(22-9-10-23-20)14-4-3-11-24(13-14)18(26)8-7-17(21)25/h2,5-6,9-10,12,14H,3-4,7-8,11,13H2,1H3,(H2,21,25)/t14-/m1/s1. The SMILES string of the molecule is COc1cccc(Oc2nccnc2[C@@H]2CCCN(C(=O)CCC(N)=O)C2)c1. The van der Waals surface area contributed by atoms with Crippen LogP contribution in [-0.4, -0.2) is 46.9 Å². The van der Waals surface area contributed by atoms with Gasteiger partial charge in [0.1, 0.15) is 17.2 Å². The molecule has 2 N–H and O–H groups in total. The third-order valence-corrected chi connectivity index (χ3v) is 4.69. The van der Waals surface area contributed by atoms with Crippen LogP contribution < -0.4 is 15.2 Å². The molecule has 0 spiro atoms. The molecule has 1 fully saturated rings. The lowest BCUT2D eigenvalue weighted by molar-refractivity contribution is -0.134. The number of piperidine rings is 1. The first-order valence-corrected chi connectivity index (χ1v) is 9.25. The molecule has 2 amide bonds. The van der Waals surface area contributed by atoms with Crippen molar-refractivity contribution in [3.05, 3.63) is 42.4 Å². The predicted octanol–water partition coefficient (Wildman–Crippen LogP) is 2.25. The lowest BCUT2D eigenvalue weighted by Gasteiger charge is -2.32. The van der Waals surface area contributed by atoms with E-state index in [4.69, 9.17) is 15.2 Å². The molecular formula is C20H24N4O4. The summed E-state index contributed by atoms with van der Waals surface area (Å²) >= 11 is 0. The van der Waals surface area contributed by atoms with Crippen LogP contribution in [0.1, 0.15) is 37.3 Å². The number of ether oxygens (including phenoxy) is 2. The van der Waals surface area contributed by atoms with E-state index >= 15 is 0 Å². The zero-order valence-electron chi connectivity index (χ0n) is 15.8. The van der Waals surface area contributed by atoms with Crippen molar-refractivity contribution >= 4 is 11.8 Å². The van der Waals surface area contributed by atoms with E-state index in [1.807, 2.05) is 18.2 Å². The van der Waals surface area contributed by atoms with E-state index in [9.17, 15) is 9.59 Å². The number of carbonyl (C=O) groups excluding carboxylic acids is 2. The Kier molecular flexibility index (Phi) is 6.41. The first-order chi connectivity index (χ1) is 13.6. The molecule has 1 aliphatic heterocycles. The van der Waals surface area contributed by atoms with Crippen LogP contribution in [-0.2, 0) is 9.59 Å². The second-order valence-corrected chi connectivity index (χ2v) is 6.67.